The van der Waals surface area contributed by atoms with Crippen molar-refractivity contribution in [1.29, 1.82) is 0 Å². The highest BCUT2D eigenvalue weighted by atomic mass is 19.1. The minimum Gasteiger partial charge on any atom is -0.366 e. The monoisotopic (exact) mass is 367 g/mol. The molecule has 0 fully saturated rings. The molecule has 1 heterocycles. The number of nitrogens with one attached hydrogen (secondary N) is 2. The summed E-state index contributed by atoms with van der Waals surface area (Å²) in [5, 5.41) is 7.18. The van der Waals surface area contributed by atoms with Crippen molar-refractivity contribution in [3.8, 4) is 0 Å². The Labute approximate surface area is 157 Å². The molecule has 3 rings (SSSR count). The average molecular weight is 367 g/mol. The fourth-order valence-corrected chi connectivity index (χ4v) is 3.01. The lowest BCUT2D eigenvalue weighted by Gasteiger charge is -2.21. The maximum Gasteiger partial charge on any atom is 0.250 e. The number of rotatable bonds is 7. The summed E-state index contributed by atoms with van der Waals surface area (Å²) < 4.78 is 13.7. The summed E-state index contributed by atoms with van der Waals surface area (Å²) in [6, 6.07) is 11.5. The topological polar surface area (TPSA) is 92.9 Å². The number of primary amides is 1. The number of nitrogens with zero attached hydrogens (tertiary/aromatic N) is 2. The molecule has 0 unspecified atom stereocenters. The van der Waals surface area contributed by atoms with Gasteiger partial charge in [0.25, 0.3) is 5.91 Å². The van der Waals surface area contributed by atoms with Crippen LogP contribution >= 0.6 is 0 Å². The molecule has 0 saturated heterocycles. The number of amides is 1. The number of hydrogen-bond donors (Lipinski definition) is 3. The van der Waals surface area contributed by atoms with Gasteiger partial charge in [0.15, 0.2) is 0 Å². The molecule has 0 spiro atoms. The van der Waals surface area contributed by atoms with Gasteiger partial charge in [0.05, 0.1) is 17.1 Å². The van der Waals surface area contributed by atoms with E-state index >= 15 is 0 Å². The molecule has 1 atom stereocenters. The van der Waals surface area contributed by atoms with Crippen LogP contribution in [-0.2, 0) is 6.42 Å². The molecular weight excluding hydrogens is 345 g/mol. The second-order valence-corrected chi connectivity index (χ2v) is 6.22. The van der Waals surface area contributed by atoms with E-state index in [0.717, 1.165) is 5.56 Å². The minimum atomic E-state index is -0.538. The first-order valence-electron chi connectivity index (χ1n) is 8.79. The molecule has 27 heavy (non-hydrogen) atoms. The number of aryl methyl sites for hydroxylation is 1. The highest BCUT2D eigenvalue weighted by molar-refractivity contribution is 6.07. The number of nitrogens with two attached hydrogens (primary N) is 1. The van der Waals surface area contributed by atoms with Crippen molar-refractivity contribution in [2.24, 2.45) is 5.73 Å². The number of hydrogen-bond acceptors (Lipinski definition) is 5. The third-order valence-electron chi connectivity index (χ3n) is 4.32. The second-order valence-electron chi connectivity index (χ2n) is 6.22. The van der Waals surface area contributed by atoms with Gasteiger partial charge in [-0.25, -0.2) is 14.4 Å². The lowest BCUT2D eigenvalue weighted by atomic mass is 10.1. The van der Waals surface area contributed by atoms with E-state index in [1.807, 2.05) is 26.1 Å². The average Bonchev–Trinajstić information content (AvgIpc) is 2.66. The van der Waals surface area contributed by atoms with Crippen LogP contribution in [0.5, 0.6) is 0 Å². The van der Waals surface area contributed by atoms with Crippen molar-refractivity contribution in [3.63, 3.8) is 0 Å². The first-order chi connectivity index (χ1) is 13.0. The van der Waals surface area contributed by atoms with Crippen molar-refractivity contribution in [3.05, 3.63) is 65.2 Å². The van der Waals surface area contributed by atoms with Crippen molar-refractivity contribution < 1.29 is 9.18 Å². The zero-order valence-electron chi connectivity index (χ0n) is 15.3. The number of carbonyl (C=O) groups is 1. The van der Waals surface area contributed by atoms with E-state index in [0.29, 0.717) is 41.1 Å². The van der Waals surface area contributed by atoms with Crippen LogP contribution in [0.15, 0.2) is 42.5 Å². The van der Waals surface area contributed by atoms with Crippen LogP contribution in [-0.4, -0.2) is 29.5 Å². The molecule has 0 aliphatic rings. The van der Waals surface area contributed by atoms with Crippen LogP contribution in [0.2, 0.25) is 0 Å². The number of benzene rings is 2. The van der Waals surface area contributed by atoms with Crippen molar-refractivity contribution in [1.82, 2.24) is 15.3 Å². The van der Waals surface area contributed by atoms with Gasteiger partial charge in [-0.2, -0.15) is 0 Å². The van der Waals surface area contributed by atoms with Crippen LogP contribution in [0.25, 0.3) is 10.9 Å². The number of halogens is 1. The number of para-hydroxylation sites is 1. The van der Waals surface area contributed by atoms with Crippen LogP contribution in [0, 0.1) is 5.82 Å². The van der Waals surface area contributed by atoms with Crippen LogP contribution in [0.3, 0.4) is 0 Å². The summed E-state index contributed by atoms with van der Waals surface area (Å²) in [6.07, 6.45) is 0.606. The van der Waals surface area contributed by atoms with Crippen LogP contribution in [0.4, 0.5) is 10.2 Å². The molecule has 0 aliphatic carbocycles. The van der Waals surface area contributed by atoms with E-state index in [1.165, 1.54) is 12.1 Å². The van der Waals surface area contributed by atoms with Gasteiger partial charge in [-0.3, -0.25) is 4.79 Å². The summed E-state index contributed by atoms with van der Waals surface area (Å²) in [5.74, 6) is 0.350. The van der Waals surface area contributed by atoms with E-state index in [-0.39, 0.29) is 11.9 Å². The standard InChI is InChI=1S/C20H22FN5O/c1-3-17-25-18-14(19(22)27)8-5-9-15(18)20(26-17)24-16(11-23-2)12-6-4-7-13(21)10-12/h4-10,16,23H,3,11H2,1-2H3,(H2,22,27)(H,24,25,26)/t16-/m1/s1. The Morgan fingerprint density at radius 3 is 2.67 bits per heavy atom. The summed E-state index contributed by atoms with van der Waals surface area (Å²) in [4.78, 5) is 20.9. The minimum absolute atomic E-state index is 0.217. The molecule has 0 bridgehead atoms. The zero-order valence-corrected chi connectivity index (χ0v) is 15.3. The lowest BCUT2D eigenvalue weighted by Crippen LogP contribution is -2.24. The highest BCUT2D eigenvalue weighted by Crippen LogP contribution is 2.27. The predicted molar refractivity (Wildman–Crippen MR) is 104 cm³/mol. The molecule has 3 aromatic rings. The van der Waals surface area contributed by atoms with Gasteiger partial charge in [0.2, 0.25) is 0 Å². The Bertz CT molecular complexity index is 976. The van der Waals surface area contributed by atoms with E-state index in [2.05, 4.69) is 20.6 Å². The molecule has 1 amide bonds. The van der Waals surface area contributed by atoms with E-state index < -0.39 is 5.91 Å². The number of aromatic nitrogens is 2. The fourth-order valence-electron chi connectivity index (χ4n) is 3.01. The molecule has 0 aliphatic heterocycles. The molecule has 1 aromatic heterocycles. The SMILES string of the molecule is CCc1nc(N[C@H](CNC)c2cccc(F)c2)c2cccc(C(N)=O)c2n1. The van der Waals surface area contributed by atoms with Crippen LogP contribution in [0.1, 0.15) is 34.7 Å². The lowest BCUT2D eigenvalue weighted by molar-refractivity contribution is 0.100. The molecule has 0 saturated carbocycles. The molecule has 2 aromatic carbocycles. The second kappa shape index (κ2) is 8.09. The van der Waals surface area contributed by atoms with E-state index in [4.69, 9.17) is 5.73 Å². The highest BCUT2D eigenvalue weighted by Gasteiger charge is 2.17. The Hall–Kier alpha value is -3.06. The predicted octanol–water partition coefficient (Wildman–Crippen LogP) is 2.80. The Morgan fingerprint density at radius 1 is 1.22 bits per heavy atom. The van der Waals surface area contributed by atoms with Gasteiger partial charge in [0, 0.05) is 18.4 Å². The Balaban J connectivity index is 2.11. The van der Waals surface area contributed by atoms with E-state index in [9.17, 15) is 9.18 Å². The van der Waals surface area contributed by atoms with Gasteiger partial charge >= 0.3 is 0 Å². The molecule has 4 N–H and O–H groups in total. The molecular formula is C20H22FN5O. The Kier molecular flexibility index (Phi) is 5.61. The zero-order chi connectivity index (χ0) is 19.4. The first-order valence-corrected chi connectivity index (χ1v) is 8.79. The van der Waals surface area contributed by atoms with Gasteiger partial charge in [-0.15, -0.1) is 0 Å². The molecule has 7 heteroatoms. The number of carbonyl (C=O) groups excluding carboxylic acids is 1. The Morgan fingerprint density at radius 2 is 2.00 bits per heavy atom. The third-order valence-corrected chi connectivity index (χ3v) is 4.32. The largest absolute Gasteiger partial charge is 0.366 e. The molecule has 6 nitrogen and oxygen atoms in total. The summed E-state index contributed by atoms with van der Waals surface area (Å²) in [5.41, 5.74) is 7.16. The van der Waals surface area contributed by atoms with Gasteiger partial charge in [0.1, 0.15) is 17.5 Å². The molecule has 140 valence electrons. The maximum atomic E-state index is 13.7. The summed E-state index contributed by atoms with van der Waals surface area (Å²) >= 11 is 0. The number of fused-ring (bicyclic) bond motifs is 1. The van der Waals surface area contributed by atoms with Gasteiger partial charge in [-0.1, -0.05) is 25.1 Å². The number of likely N-dealkylation sites (N-methyl/N-ethyl adjacent to an activating group) is 1. The normalized spacial score (nSPS) is 12.1. The van der Waals surface area contributed by atoms with Crippen molar-refractivity contribution in [2.75, 3.05) is 18.9 Å². The van der Waals surface area contributed by atoms with Gasteiger partial charge in [-0.05, 0) is 36.9 Å². The van der Waals surface area contributed by atoms with Crippen LogP contribution < -0.4 is 16.4 Å². The molecule has 0 radical (unpaired) electrons. The van der Waals surface area contributed by atoms with Crippen molar-refractivity contribution in [2.45, 2.75) is 19.4 Å². The summed E-state index contributed by atoms with van der Waals surface area (Å²) in [6.45, 7) is 2.50. The smallest absolute Gasteiger partial charge is 0.250 e. The first kappa shape index (κ1) is 18.7. The third kappa shape index (κ3) is 4.03. The van der Waals surface area contributed by atoms with E-state index in [1.54, 1.807) is 18.2 Å². The van der Waals surface area contributed by atoms with Crippen molar-refractivity contribution >= 4 is 22.6 Å². The summed E-state index contributed by atoms with van der Waals surface area (Å²) in [7, 11) is 1.83. The quantitative estimate of drug-likeness (QED) is 0.597. The van der Waals surface area contributed by atoms with Gasteiger partial charge < -0.3 is 16.4 Å². The number of anilines is 1. The maximum absolute atomic E-state index is 13.7. The fraction of sp³-hybridized carbons (Fsp3) is 0.250.